The number of nitrogens with zero attached hydrogens (tertiary/aromatic N) is 2. The average molecular weight is 351 g/mol. The highest BCUT2D eigenvalue weighted by atomic mass is 79.9. The first-order valence-electron chi connectivity index (χ1n) is 7.50. The molecular formula is C16H19BrN2O2. The lowest BCUT2D eigenvalue weighted by Gasteiger charge is -2.42. The molecule has 0 radical (unpaired) electrons. The number of carbonyl (C=O) groups excluding carboxylic acids is 2. The van der Waals surface area contributed by atoms with Crippen molar-refractivity contribution in [1.82, 2.24) is 4.98 Å². The van der Waals surface area contributed by atoms with Crippen molar-refractivity contribution in [3.05, 3.63) is 22.3 Å². The Hall–Kier alpha value is -1.23. The van der Waals surface area contributed by atoms with Crippen molar-refractivity contribution in [2.45, 2.75) is 51.9 Å². The van der Waals surface area contributed by atoms with E-state index in [2.05, 4.69) is 20.9 Å². The fourth-order valence-corrected chi connectivity index (χ4v) is 3.79. The molecule has 1 aromatic heterocycles. The molecule has 1 aliphatic carbocycles. The van der Waals surface area contributed by atoms with Gasteiger partial charge in [0.1, 0.15) is 5.82 Å². The third kappa shape index (κ3) is 2.76. The number of pyridine rings is 1. The Morgan fingerprint density at radius 1 is 1.10 bits per heavy atom. The van der Waals surface area contributed by atoms with Crippen LogP contribution in [0.25, 0.3) is 0 Å². The number of aromatic nitrogens is 1. The molecule has 5 heteroatoms. The lowest BCUT2D eigenvalue weighted by molar-refractivity contribution is -0.134. The lowest BCUT2D eigenvalue weighted by atomic mass is 9.67. The number of halogens is 1. The van der Waals surface area contributed by atoms with Crippen molar-refractivity contribution in [2.75, 3.05) is 4.90 Å². The Morgan fingerprint density at radius 2 is 1.71 bits per heavy atom. The third-order valence-electron chi connectivity index (χ3n) is 4.70. The van der Waals surface area contributed by atoms with Gasteiger partial charge in [-0.1, -0.05) is 19.3 Å². The van der Waals surface area contributed by atoms with Crippen LogP contribution in [0.4, 0.5) is 5.82 Å². The predicted octanol–water partition coefficient (Wildman–Crippen LogP) is 3.76. The number of hydrogen-bond acceptors (Lipinski definition) is 3. The molecule has 0 bridgehead atoms. The number of anilines is 1. The van der Waals surface area contributed by atoms with E-state index in [0.717, 1.165) is 35.8 Å². The maximum absolute atomic E-state index is 12.5. The molecule has 1 spiro atoms. The Morgan fingerprint density at radius 3 is 2.29 bits per heavy atom. The zero-order valence-corrected chi connectivity index (χ0v) is 13.8. The molecule has 0 N–H and O–H groups in total. The summed E-state index contributed by atoms with van der Waals surface area (Å²) in [6.07, 6.45) is 6.47. The van der Waals surface area contributed by atoms with Crippen molar-refractivity contribution in [1.29, 1.82) is 0 Å². The van der Waals surface area contributed by atoms with Crippen LogP contribution in [0.1, 0.15) is 50.6 Å². The van der Waals surface area contributed by atoms with Crippen LogP contribution in [-0.2, 0) is 9.59 Å². The standard InChI is InChI=1S/C16H19BrN2O2/c1-11-12(17)5-6-13(18-11)19-14(20)9-16(10-15(19)21)7-3-2-4-8-16/h5-6H,2-4,7-10H2,1H3. The van der Waals surface area contributed by atoms with Crippen molar-refractivity contribution in [3.63, 3.8) is 0 Å². The lowest BCUT2D eigenvalue weighted by Crippen LogP contribution is -2.49. The van der Waals surface area contributed by atoms with E-state index in [0.29, 0.717) is 18.7 Å². The zero-order chi connectivity index (χ0) is 15.0. The average Bonchev–Trinajstić information content (AvgIpc) is 2.42. The summed E-state index contributed by atoms with van der Waals surface area (Å²) >= 11 is 3.39. The van der Waals surface area contributed by atoms with E-state index in [-0.39, 0.29) is 17.2 Å². The molecule has 2 fully saturated rings. The van der Waals surface area contributed by atoms with E-state index in [1.54, 1.807) is 6.07 Å². The minimum Gasteiger partial charge on any atom is -0.274 e. The molecule has 0 atom stereocenters. The molecule has 2 amide bonds. The van der Waals surface area contributed by atoms with Gasteiger partial charge in [0.05, 0.1) is 5.69 Å². The molecule has 2 aliphatic rings. The van der Waals surface area contributed by atoms with Gasteiger partial charge >= 0.3 is 0 Å². The number of aryl methyl sites for hydroxylation is 1. The van der Waals surface area contributed by atoms with Gasteiger partial charge < -0.3 is 0 Å². The number of hydrogen-bond donors (Lipinski definition) is 0. The topological polar surface area (TPSA) is 50.3 Å². The highest BCUT2D eigenvalue weighted by molar-refractivity contribution is 9.10. The van der Waals surface area contributed by atoms with Crippen LogP contribution in [0.3, 0.4) is 0 Å². The minimum atomic E-state index is -0.0950. The summed E-state index contributed by atoms with van der Waals surface area (Å²) in [5.41, 5.74) is 0.707. The molecule has 21 heavy (non-hydrogen) atoms. The van der Waals surface area contributed by atoms with E-state index in [1.807, 2.05) is 13.0 Å². The number of piperidine rings is 1. The first-order chi connectivity index (χ1) is 10.0. The fourth-order valence-electron chi connectivity index (χ4n) is 3.57. The second-order valence-corrected chi connectivity index (χ2v) is 7.13. The van der Waals surface area contributed by atoms with Gasteiger partial charge in [0, 0.05) is 17.3 Å². The normalized spacial score (nSPS) is 21.9. The Kier molecular flexibility index (Phi) is 3.86. The molecule has 112 valence electrons. The summed E-state index contributed by atoms with van der Waals surface area (Å²) < 4.78 is 0.881. The molecule has 1 saturated heterocycles. The third-order valence-corrected chi connectivity index (χ3v) is 5.54. The summed E-state index contributed by atoms with van der Waals surface area (Å²) in [7, 11) is 0. The van der Waals surface area contributed by atoms with Crippen molar-refractivity contribution < 1.29 is 9.59 Å². The van der Waals surface area contributed by atoms with Gasteiger partial charge in [0.2, 0.25) is 11.8 Å². The quantitative estimate of drug-likeness (QED) is 0.724. The molecule has 4 nitrogen and oxygen atoms in total. The van der Waals surface area contributed by atoms with Gasteiger partial charge in [-0.2, -0.15) is 0 Å². The molecule has 0 unspecified atom stereocenters. The number of rotatable bonds is 1. The number of amides is 2. The summed E-state index contributed by atoms with van der Waals surface area (Å²) in [6, 6.07) is 3.56. The van der Waals surface area contributed by atoms with Crippen LogP contribution in [0.2, 0.25) is 0 Å². The van der Waals surface area contributed by atoms with Gasteiger partial charge in [-0.25, -0.2) is 9.88 Å². The molecule has 2 heterocycles. The van der Waals surface area contributed by atoms with Crippen molar-refractivity contribution >= 4 is 33.6 Å². The van der Waals surface area contributed by atoms with Crippen molar-refractivity contribution in [2.24, 2.45) is 5.41 Å². The van der Waals surface area contributed by atoms with Gasteiger partial charge in [-0.15, -0.1) is 0 Å². The van der Waals surface area contributed by atoms with Crippen LogP contribution in [0, 0.1) is 12.3 Å². The van der Waals surface area contributed by atoms with Crippen LogP contribution in [0.5, 0.6) is 0 Å². The van der Waals surface area contributed by atoms with Crippen LogP contribution in [-0.4, -0.2) is 16.8 Å². The molecule has 3 rings (SSSR count). The van der Waals surface area contributed by atoms with Gasteiger partial charge in [0.25, 0.3) is 0 Å². The predicted molar refractivity (Wildman–Crippen MR) is 83.9 cm³/mol. The second-order valence-electron chi connectivity index (χ2n) is 6.27. The molecule has 0 aromatic carbocycles. The maximum Gasteiger partial charge on any atom is 0.235 e. The van der Waals surface area contributed by atoms with Crippen LogP contribution in [0.15, 0.2) is 16.6 Å². The molecule has 1 aliphatic heterocycles. The Bertz CT molecular complexity index is 574. The molecule has 1 saturated carbocycles. The minimum absolute atomic E-state index is 0.0761. The highest BCUT2D eigenvalue weighted by Crippen LogP contribution is 2.45. The van der Waals surface area contributed by atoms with Gasteiger partial charge in [-0.3, -0.25) is 9.59 Å². The smallest absolute Gasteiger partial charge is 0.235 e. The maximum atomic E-state index is 12.5. The van der Waals surface area contributed by atoms with E-state index in [9.17, 15) is 9.59 Å². The number of carbonyl (C=O) groups is 2. The van der Waals surface area contributed by atoms with Crippen LogP contribution >= 0.6 is 15.9 Å². The van der Waals surface area contributed by atoms with E-state index in [1.165, 1.54) is 11.3 Å². The molecular weight excluding hydrogens is 332 g/mol. The van der Waals surface area contributed by atoms with Crippen LogP contribution < -0.4 is 4.90 Å². The Balaban J connectivity index is 1.86. The van der Waals surface area contributed by atoms with Gasteiger partial charge in [0.15, 0.2) is 0 Å². The van der Waals surface area contributed by atoms with E-state index < -0.39 is 0 Å². The summed E-state index contributed by atoms with van der Waals surface area (Å²) in [5.74, 6) is 0.265. The van der Waals surface area contributed by atoms with Gasteiger partial charge in [-0.05, 0) is 53.2 Å². The summed E-state index contributed by atoms with van der Waals surface area (Å²) in [6.45, 7) is 1.86. The summed E-state index contributed by atoms with van der Waals surface area (Å²) in [4.78, 5) is 30.7. The summed E-state index contributed by atoms with van der Waals surface area (Å²) in [5, 5.41) is 0. The zero-order valence-electron chi connectivity index (χ0n) is 12.2. The monoisotopic (exact) mass is 350 g/mol. The SMILES string of the molecule is Cc1nc(N2C(=O)CC3(CCCCC3)CC2=O)ccc1Br. The first kappa shape index (κ1) is 14.7. The fraction of sp³-hybridized carbons (Fsp3) is 0.562. The number of imide groups is 1. The van der Waals surface area contributed by atoms with Crippen molar-refractivity contribution in [3.8, 4) is 0 Å². The largest absolute Gasteiger partial charge is 0.274 e. The molecule has 1 aromatic rings. The highest BCUT2D eigenvalue weighted by Gasteiger charge is 2.44. The first-order valence-corrected chi connectivity index (χ1v) is 8.29. The Labute approximate surface area is 133 Å². The van der Waals surface area contributed by atoms with E-state index >= 15 is 0 Å². The second kappa shape index (κ2) is 5.52. The van der Waals surface area contributed by atoms with E-state index in [4.69, 9.17) is 0 Å².